The number of nitrogens with one attached hydrogen (secondary N) is 1. The van der Waals surface area contributed by atoms with Gasteiger partial charge in [0.25, 0.3) is 0 Å². The van der Waals surface area contributed by atoms with Crippen LogP contribution in [0, 0.1) is 21.4 Å². The van der Waals surface area contributed by atoms with E-state index < -0.39 is 34.9 Å². The molecule has 1 heterocycles. The topological polar surface area (TPSA) is 91.9 Å². The van der Waals surface area contributed by atoms with E-state index in [1.54, 1.807) is 0 Å². The number of halogens is 3. The largest absolute Gasteiger partial charge is 0.391 e. The van der Waals surface area contributed by atoms with E-state index in [1.807, 2.05) is 0 Å². The lowest BCUT2D eigenvalue weighted by Gasteiger charge is -2.16. The van der Waals surface area contributed by atoms with Gasteiger partial charge in [0.2, 0.25) is 5.69 Å². The average Bonchev–Trinajstić information content (AvgIpc) is 2.25. The SMILES string of the molecule is CC(CC(F)(F)F)Nc1ccc([N+](=O)[O-])c(C#N)n1. The van der Waals surface area contributed by atoms with Gasteiger partial charge >= 0.3 is 11.9 Å². The molecule has 0 saturated carbocycles. The van der Waals surface area contributed by atoms with Gasteiger partial charge in [0.1, 0.15) is 11.9 Å². The second-order valence-electron chi connectivity index (χ2n) is 3.80. The highest BCUT2D eigenvalue weighted by Gasteiger charge is 2.30. The molecule has 1 aromatic heterocycles. The Morgan fingerprint density at radius 3 is 2.68 bits per heavy atom. The summed E-state index contributed by atoms with van der Waals surface area (Å²) in [4.78, 5) is 13.4. The van der Waals surface area contributed by atoms with Gasteiger partial charge < -0.3 is 5.32 Å². The first-order chi connectivity index (χ1) is 8.73. The highest BCUT2D eigenvalue weighted by atomic mass is 19.4. The van der Waals surface area contributed by atoms with E-state index >= 15 is 0 Å². The summed E-state index contributed by atoms with van der Waals surface area (Å²) in [7, 11) is 0. The minimum absolute atomic E-state index is 0.0149. The van der Waals surface area contributed by atoms with Gasteiger partial charge in [0, 0.05) is 12.1 Å². The maximum atomic E-state index is 12.1. The standard InChI is InChI=1S/C10H9F3N4O2/c1-6(4-10(11,12)13)15-9-3-2-8(17(18)19)7(5-14)16-9/h2-3,6H,4H2,1H3,(H,15,16). The van der Waals surface area contributed by atoms with E-state index in [0.29, 0.717) is 0 Å². The van der Waals surface area contributed by atoms with Crippen molar-refractivity contribution in [2.75, 3.05) is 5.32 Å². The number of hydrogen-bond donors (Lipinski definition) is 1. The second-order valence-corrected chi connectivity index (χ2v) is 3.80. The molecule has 0 aliphatic carbocycles. The van der Waals surface area contributed by atoms with E-state index in [9.17, 15) is 23.3 Å². The summed E-state index contributed by atoms with van der Waals surface area (Å²) in [5.41, 5.74) is -0.939. The molecule has 0 aromatic carbocycles. The van der Waals surface area contributed by atoms with Crippen LogP contribution in [-0.2, 0) is 0 Å². The van der Waals surface area contributed by atoms with Gasteiger partial charge in [0.05, 0.1) is 11.3 Å². The van der Waals surface area contributed by atoms with Gasteiger partial charge in [-0.15, -0.1) is 0 Å². The molecule has 9 heteroatoms. The Labute approximate surface area is 106 Å². The normalized spacial score (nSPS) is 12.6. The zero-order valence-corrected chi connectivity index (χ0v) is 9.73. The van der Waals surface area contributed by atoms with Crippen LogP contribution in [0.1, 0.15) is 19.0 Å². The van der Waals surface area contributed by atoms with Crippen molar-refractivity contribution in [1.29, 1.82) is 5.26 Å². The second kappa shape index (κ2) is 5.51. The molecule has 0 spiro atoms. The zero-order valence-electron chi connectivity index (χ0n) is 9.73. The molecule has 1 unspecified atom stereocenters. The van der Waals surface area contributed by atoms with Crippen LogP contribution < -0.4 is 5.32 Å². The predicted molar refractivity (Wildman–Crippen MR) is 59.4 cm³/mol. The predicted octanol–water partition coefficient (Wildman–Crippen LogP) is 2.61. The van der Waals surface area contributed by atoms with Crippen molar-refractivity contribution in [2.24, 2.45) is 0 Å². The third-order valence-electron chi connectivity index (χ3n) is 2.11. The van der Waals surface area contributed by atoms with Crippen molar-refractivity contribution in [2.45, 2.75) is 25.6 Å². The molecule has 19 heavy (non-hydrogen) atoms. The molecule has 0 saturated heterocycles. The molecule has 6 nitrogen and oxygen atoms in total. The molecular formula is C10H9F3N4O2. The minimum atomic E-state index is -4.33. The van der Waals surface area contributed by atoms with Crippen molar-refractivity contribution in [3.63, 3.8) is 0 Å². The lowest BCUT2D eigenvalue weighted by Crippen LogP contribution is -2.24. The van der Waals surface area contributed by atoms with Gasteiger partial charge in [-0.25, -0.2) is 4.98 Å². The van der Waals surface area contributed by atoms with E-state index in [2.05, 4.69) is 10.3 Å². The van der Waals surface area contributed by atoms with Crippen LogP contribution in [0.3, 0.4) is 0 Å². The first-order valence-electron chi connectivity index (χ1n) is 5.12. The van der Waals surface area contributed by atoms with Crippen molar-refractivity contribution >= 4 is 11.5 Å². The highest BCUT2D eigenvalue weighted by molar-refractivity contribution is 5.50. The molecule has 0 amide bonds. The number of rotatable bonds is 4. The quantitative estimate of drug-likeness (QED) is 0.673. The van der Waals surface area contributed by atoms with Gasteiger partial charge in [-0.3, -0.25) is 10.1 Å². The van der Waals surface area contributed by atoms with Crippen molar-refractivity contribution < 1.29 is 18.1 Å². The number of anilines is 1. The van der Waals surface area contributed by atoms with Crippen LogP contribution in [-0.4, -0.2) is 22.1 Å². The van der Waals surface area contributed by atoms with E-state index in [1.165, 1.54) is 13.0 Å². The number of nitro groups is 1. The molecule has 1 aromatic rings. The smallest absolute Gasteiger partial charge is 0.367 e. The lowest BCUT2D eigenvalue weighted by molar-refractivity contribution is -0.385. The van der Waals surface area contributed by atoms with E-state index in [4.69, 9.17) is 5.26 Å². The average molecular weight is 274 g/mol. The summed E-state index contributed by atoms with van der Waals surface area (Å²) >= 11 is 0. The third kappa shape index (κ3) is 4.42. The number of pyridine rings is 1. The lowest BCUT2D eigenvalue weighted by atomic mass is 10.2. The number of alkyl halides is 3. The monoisotopic (exact) mass is 274 g/mol. The van der Waals surface area contributed by atoms with Gasteiger partial charge in [-0.1, -0.05) is 0 Å². The summed E-state index contributed by atoms with van der Waals surface area (Å²) in [6.07, 6.45) is -5.40. The molecular weight excluding hydrogens is 265 g/mol. The zero-order chi connectivity index (χ0) is 14.6. The van der Waals surface area contributed by atoms with Crippen molar-refractivity contribution in [3.8, 4) is 6.07 Å². The Hall–Kier alpha value is -2.37. The van der Waals surface area contributed by atoms with Crippen LogP contribution in [0.4, 0.5) is 24.7 Å². The minimum Gasteiger partial charge on any atom is -0.367 e. The summed E-state index contributed by atoms with van der Waals surface area (Å²) in [5, 5.41) is 21.7. The Morgan fingerprint density at radius 1 is 1.58 bits per heavy atom. The number of hydrogen-bond acceptors (Lipinski definition) is 5. The number of nitrogens with zero attached hydrogens (tertiary/aromatic N) is 3. The maximum absolute atomic E-state index is 12.1. The molecule has 0 radical (unpaired) electrons. The Kier molecular flexibility index (Phi) is 4.26. The summed E-state index contributed by atoms with van der Waals surface area (Å²) < 4.78 is 36.4. The fraction of sp³-hybridized carbons (Fsp3) is 0.400. The van der Waals surface area contributed by atoms with Crippen LogP contribution in [0.15, 0.2) is 12.1 Å². The molecule has 0 bridgehead atoms. The highest BCUT2D eigenvalue weighted by Crippen LogP contribution is 2.24. The van der Waals surface area contributed by atoms with Crippen LogP contribution >= 0.6 is 0 Å². The Balaban J connectivity index is 2.87. The van der Waals surface area contributed by atoms with E-state index in [0.717, 1.165) is 12.1 Å². The third-order valence-corrected chi connectivity index (χ3v) is 2.11. The van der Waals surface area contributed by atoms with Crippen LogP contribution in [0.5, 0.6) is 0 Å². The van der Waals surface area contributed by atoms with Crippen molar-refractivity contribution in [3.05, 3.63) is 27.9 Å². The first-order valence-corrected chi connectivity index (χ1v) is 5.12. The first kappa shape index (κ1) is 14.7. The van der Waals surface area contributed by atoms with E-state index in [-0.39, 0.29) is 5.82 Å². The Morgan fingerprint density at radius 2 is 2.21 bits per heavy atom. The van der Waals surface area contributed by atoms with Gasteiger partial charge in [0.15, 0.2) is 0 Å². The maximum Gasteiger partial charge on any atom is 0.391 e. The van der Waals surface area contributed by atoms with Crippen LogP contribution in [0.25, 0.3) is 0 Å². The number of nitriles is 1. The summed E-state index contributed by atoms with van der Waals surface area (Å²) in [6.45, 7) is 1.29. The fourth-order valence-electron chi connectivity index (χ4n) is 1.41. The molecule has 0 aliphatic rings. The van der Waals surface area contributed by atoms with Crippen LogP contribution in [0.2, 0.25) is 0 Å². The molecule has 0 aliphatic heterocycles. The fourth-order valence-corrected chi connectivity index (χ4v) is 1.41. The Bertz CT molecular complexity index is 524. The molecule has 102 valence electrons. The molecule has 1 atom stereocenters. The number of aromatic nitrogens is 1. The molecule has 1 rings (SSSR count). The molecule has 0 fully saturated rings. The van der Waals surface area contributed by atoms with Crippen molar-refractivity contribution in [1.82, 2.24) is 4.98 Å². The van der Waals surface area contributed by atoms with Gasteiger partial charge in [-0.05, 0) is 13.0 Å². The summed E-state index contributed by atoms with van der Waals surface area (Å²) in [5.74, 6) is -0.0149. The molecule has 1 N–H and O–H groups in total. The summed E-state index contributed by atoms with van der Waals surface area (Å²) in [6, 6.07) is 2.75. The van der Waals surface area contributed by atoms with Gasteiger partial charge in [-0.2, -0.15) is 18.4 Å².